The van der Waals surface area contributed by atoms with Crippen LogP contribution >= 0.6 is 0 Å². The molecule has 0 spiro atoms. The van der Waals surface area contributed by atoms with E-state index in [0.717, 1.165) is 11.0 Å². The van der Waals surface area contributed by atoms with E-state index in [0.29, 0.717) is 68.6 Å². The van der Waals surface area contributed by atoms with Crippen molar-refractivity contribution in [3.63, 3.8) is 0 Å². The van der Waals surface area contributed by atoms with E-state index in [4.69, 9.17) is 9.84 Å². The Hall–Kier alpha value is -3.45. The maximum atomic E-state index is 13.2. The number of ether oxygens (including phenoxy) is 1. The molecule has 186 valence electrons. The summed E-state index contributed by atoms with van der Waals surface area (Å²) >= 11 is 0. The van der Waals surface area contributed by atoms with Gasteiger partial charge in [-0.3, -0.25) is 9.69 Å². The van der Waals surface area contributed by atoms with E-state index in [-0.39, 0.29) is 24.0 Å². The Labute approximate surface area is 198 Å². The number of carbonyl (C=O) groups is 1. The summed E-state index contributed by atoms with van der Waals surface area (Å²) in [6, 6.07) is 5.15. The number of fused-ring (bicyclic) bond motifs is 3. The summed E-state index contributed by atoms with van der Waals surface area (Å²) < 4.78 is 47.2. The minimum absolute atomic E-state index is 0.0124. The molecule has 5 rings (SSSR count). The van der Waals surface area contributed by atoms with Gasteiger partial charge in [0.2, 0.25) is 0 Å². The van der Waals surface area contributed by atoms with Crippen LogP contribution in [0.2, 0.25) is 0 Å². The van der Waals surface area contributed by atoms with Crippen molar-refractivity contribution in [2.75, 3.05) is 45.9 Å². The van der Waals surface area contributed by atoms with Crippen molar-refractivity contribution in [2.45, 2.75) is 19.3 Å². The van der Waals surface area contributed by atoms with Crippen LogP contribution in [-0.2, 0) is 13.1 Å². The van der Waals surface area contributed by atoms with Gasteiger partial charge in [-0.1, -0.05) is 0 Å². The van der Waals surface area contributed by atoms with Gasteiger partial charge in [0.1, 0.15) is 36.7 Å². The third kappa shape index (κ3) is 4.86. The zero-order chi connectivity index (χ0) is 24.6. The smallest absolute Gasteiger partial charge is 0.408 e. The summed E-state index contributed by atoms with van der Waals surface area (Å²) in [5.41, 5.74) is 1.31. The molecule has 4 heterocycles. The van der Waals surface area contributed by atoms with Gasteiger partial charge in [-0.15, -0.1) is 0 Å². The second-order valence-corrected chi connectivity index (χ2v) is 8.42. The Bertz CT molecular complexity index is 1220. The zero-order valence-corrected chi connectivity index (χ0v) is 18.8. The van der Waals surface area contributed by atoms with E-state index in [2.05, 4.69) is 20.0 Å². The number of rotatable bonds is 5. The number of hydrogen-bond donors (Lipinski definition) is 1. The fourth-order valence-electron chi connectivity index (χ4n) is 4.37. The third-order valence-electron chi connectivity index (χ3n) is 6.08. The van der Waals surface area contributed by atoms with E-state index in [1.54, 1.807) is 33.9 Å². The standard InChI is InChI=1S/C22H24F3N7O3/c23-22(24,25)13-32-20(26-14-27-32)17-12-31-8-10-35-18-2-1-15(11-16(18)19(31)28-17)21(34)30-5-3-29(4-6-30)7-9-33/h1-2,11-12,14,33H,3-10,13H2. The Morgan fingerprint density at radius 1 is 1.11 bits per heavy atom. The number of amides is 1. The predicted octanol–water partition coefficient (Wildman–Crippen LogP) is 1.51. The van der Waals surface area contributed by atoms with Crippen LogP contribution in [0.4, 0.5) is 13.2 Å². The van der Waals surface area contributed by atoms with Crippen molar-refractivity contribution in [2.24, 2.45) is 0 Å². The van der Waals surface area contributed by atoms with Gasteiger partial charge < -0.3 is 19.3 Å². The molecule has 2 aliphatic rings. The highest BCUT2D eigenvalue weighted by Crippen LogP contribution is 2.35. The SMILES string of the molecule is O=C(c1ccc2c(c1)-c1nc(-c3ncnn3CC(F)(F)F)cn1CCO2)N1CCN(CCO)CC1. The highest BCUT2D eigenvalue weighted by atomic mass is 19.4. The second-order valence-electron chi connectivity index (χ2n) is 8.42. The lowest BCUT2D eigenvalue weighted by molar-refractivity contribution is -0.142. The van der Waals surface area contributed by atoms with E-state index in [1.165, 1.54) is 0 Å². The summed E-state index contributed by atoms with van der Waals surface area (Å²) in [6.07, 6.45) is -1.75. The number of halogens is 3. The average molecular weight is 491 g/mol. The number of piperazine rings is 1. The number of aliphatic hydroxyl groups excluding tert-OH is 1. The van der Waals surface area contributed by atoms with Crippen molar-refractivity contribution >= 4 is 5.91 Å². The van der Waals surface area contributed by atoms with Gasteiger partial charge in [0, 0.05) is 44.5 Å². The van der Waals surface area contributed by atoms with Gasteiger partial charge in [-0.2, -0.15) is 18.3 Å². The summed E-state index contributed by atoms with van der Waals surface area (Å²) in [7, 11) is 0. The molecule has 0 radical (unpaired) electrons. The molecule has 1 N–H and O–H groups in total. The minimum Gasteiger partial charge on any atom is -0.491 e. The second kappa shape index (κ2) is 9.30. The predicted molar refractivity (Wildman–Crippen MR) is 118 cm³/mol. The molecule has 2 aromatic heterocycles. The molecule has 0 unspecified atom stereocenters. The van der Waals surface area contributed by atoms with Crippen LogP contribution in [0.3, 0.4) is 0 Å². The molecule has 0 saturated carbocycles. The normalized spacial score (nSPS) is 16.4. The van der Waals surface area contributed by atoms with Crippen LogP contribution < -0.4 is 4.74 Å². The number of hydrogen-bond acceptors (Lipinski definition) is 7. The lowest BCUT2D eigenvalue weighted by Crippen LogP contribution is -2.49. The molecule has 35 heavy (non-hydrogen) atoms. The average Bonchev–Trinajstić information content (AvgIpc) is 3.41. The first kappa shape index (κ1) is 23.3. The molecule has 0 bridgehead atoms. The largest absolute Gasteiger partial charge is 0.491 e. The lowest BCUT2D eigenvalue weighted by atomic mass is 10.1. The Morgan fingerprint density at radius 2 is 1.91 bits per heavy atom. The fraction of sp³-hybridized carbons (Fsp3) is 0.455. The van der Waals surface area contributed by atoms with E-state index < -0.39 is 12.7 Å². The van der Waals surface area contributed by atoms with Gasteiger partial charge in [0.25, 0.3) is 5.91 Å². The molecule has 1 fully saturated rings. The highest BCUT2D eigenvalue weighted by Gasteiger charge is 2.31. The summed E-state index contributed by atoms with van der Waals surface area (Å²) in [5.74, 6) is 0.917. The van der Waals surface area contributed by atoms with Gasteiger partial charge in [0.05, 0.1) is 18.7 Å². The van der Waals surface area contributed by atoms with Crippen LogP contribution in [0.5, 0.6) is 5.75 Å². The number of aromatic nitrogens is 5. The van der Waals surface area contributed by atoms with Crippen molar-refractivity contribution in [3.8, 4) is 28.7 Å². The van der Waals surface area contributed by atoms with Crippen LogP contribution in [0.1, 0.15) is 10.4 Å². The number of benzene rings is 1. The first-order chi connectivity index (χ1) is 16.8. The molecule has 1 amide bonds. The Balaban J connectivity index is 1.44. The first-order valence-electron chi connectivity index (χ1n) is 11.2. The number of imidazole rings is 1. The fourth-order valence-corrected chi connectivity index (χ4v) is 4.37. The maximum absolute atomic E-state index is 13.2. The highest BCUT2D eigenvalue weighted by molar-refractivity contribution is 5.96. The maximum Gasteiger partial charge on any atom is 0.408 e. The topological polar surface area (TPSA) is 102 Å². The lowest BCUT2D eigenvalue weighted by Gasteiger charge is -2.34. The molecule has 3 aromatic rings. The van der Waals surface area contributed by atoms with E-state index in [1.807, 2.05) is 0 Å². The van der Waals surface area contributed by atoms with Crippen molar-refractivity contribution in [3.05, 3.63) is 36.3 Å². The molecule has 0 aliphatic carbocycles. The Morgan fingerprint density at radius 3 is 2.66 bits per heavy atom. The van der Waals surface area contributed by atoms with Crippen LogP contribution in [0, 0.1) is 0 Å². The van der Waals surface area contributed by atoms with Crippen LogP contribution in [0.15, 0.2) is 30.7 Å². The van der Waals surface area contributed by atoms with Gasteiger partial charge >= 0.3 is 6.18 Å². The molecular formula is C22H24F3N7O3. The molecule has 1 aromatic carbocycles. The number of carbonyl (C=O) groups excluding carboxylic acids is 1. The quantitative estimate of drug-likeness (QED) is 0.578. The van der Waals surface area contributed by atoms with E-state index >= 15 is 0 Å². The molecule has 13 heteroatoms. The van der Waals surface area contributed by atoms with Crippen molar-refractivity contribution < 1.29 is 27.8 Å². The van der Waals surface area contributed by atoms with Crippen LogP contribution in [0.25, 0.3) is 22.9 Å². The monoisotopic (exact) mass is 491 g/mol. The summed E-state index contributed by atoms with van der Waals surface area (Å²) in [6.45, 7) is 2.65. The van der Waals surface area contributed by atoms with Gasteiger partial charge in [-0.05, 0) is 18.2 Å². The van der Waals surface area contributed by atoms with Crippen molar-refractivity contribution in [1.29, 1.82) is 0 Å². The zero-order valence-electron chi connectivity index (χ0n) is 18.8. The summed E-state index contributed by atoms with van der Waals surface area (Å²) in [5, 5.41) is 12.8. The van der Waals surface area contributed by atoms with Gasteiger partial charge in [0.15, 0.2) is 5.82 Å². The van der Waals surface area contributed by atoms with Crippen molar-refractivity contribution in [1.82, 2.24) is 34.1 Å². The van der Waals surface area contributed by atoms with Crippen LogP contribution in [-0.4, -0.2) is 97.2 Å². The molecule has 10 nitrogen and oxygen atoms in total. The minimum atomic E-state index is -4.45. The number of nitrogens with zero attached hydrogens (tertiary/aromatic N) is 7. The molecule has 1 saturated heterocycles. The Kier molecular flexibility index (Phi) is 6.19. The third-order valence-corrected chi connectivity index (χ3v) is 6.08. The first-order valence-corrected chi connectivity index (χ1v) is 11.2. The summed E-state index contributed by atoms with van der Waals surface area (Å²) in [4.78, 5) is 25.6. The molecular weight excluding hydrogens is 467 g/mol. The van der Waals surface area contributed by atoms with Gasteiger partial charge in [-0.25, -0.2) is 14.6 Å². The molecule has 2 aliphatic heterocycles. The molecule has 0 atom stereocenters. The number of alkyl halides is 3. The number of aliphatic hydroxyl groups is 1. The number of β-amino-alcohol motifs (C(OH)–C–C–N with tert-alkyl or cyclic N) is 1. The van der Waals surface area contributed by atoms with E-state index in [9.17, 15) is 18.0 Å².